The van der Waals surface area contributed by atoms with E-state index in [0.717, 1.165) is 4.90 Å². The molecule has 0 aliphatic carbocycles. The molecule has 2 amide bonds. The number of rotatable bonds is 5. The van der Waals surface area contributed by atoms with Gasteiger partial charge in [-0.25, -0.2) is 18.0 Å². The molecule has 0 unspecified atom stereocenters. The maximum absolute atomic E-state index is 13.3. The number of urea groups is 1. The van der Waals surface area contributed by atoms with Gasteiger partial charge in [-0.1, -0.05) is 6.08 Å². The Labute approximate surface area is 108 Å². The summed E-state index contributed by atoms with van der Waals surface area (Å²) in [6.45, 7) is 3.18. The third-order valence-corrected chi connectivity index (χ3v) is 2.25. The Hall–Kier alpha value is -2.02. The van der Waals surface area contributed by atoms with Crippen molar-refractivity contribution in [1.29, 1.82) is 0 Å². The highest BCUT2D eigenvalue weighted by molar-refractivity contribution is 5.89. The summed E-state index contributed by atoms with van der Waals surface area (Å²) in [5.41, 5.74) is -0.738. The number of anilines is 1. The maximum Gasteiger partial charge on any atom is 0.322 e. The molecule has 0 saturated heterocycles. The highest BCUT2D eigenvalue weighted by Gasteiger charge is 2.17. The molecule has 0 radical (unpaired) electrons. The van der Waals surface area contributed by atoms with Crippen LogP contribution in [-0.2, 0) is 0 Å². The topological polar surface area (TPSA) is 52.6 Å². The molecule has 1 aromatic carbocycles. The van der Waals surface area contributed by atoms with Crippen LogP contribution in [0.25, 0.3) is 0 Å². The molecule has 0 aliphatic heterocycles. The van der Waals surface area contributed by atoms with Crippen LogP contribution in [0.1, 0.15) is 0 Å². The first-order valence-corrected chi connectivity index (χ1v) is 5.41. The number of carbonyl (C=O) groups excluding carboxylic acids is 1. The van der Waals surface area contributed by atoms with Gasteiger partial charge in [0.15, 0.2) is 11.6 Å². The molecule has 0 fully saturated rings. The summed E-state index contributed by atoms with van der Waals surface area (Å²) in [6.07, 6.45) is 1.40. The van der Waals surface area contributed by atoms with Crippen LogP contribution >= 0.6 is 0 Å². The van der Waals surface area contributed by atoms with E-state index in [1.54, 1.807) is 0 Å². The van der Waals surface area contributed by atoms with E-state index in [9.17, 15) is 18.0 Å². The summed E-state index contributed by atoms with van der Waals surface area (Å²) in [6, 6.07) is 0.101. The number of aliphatic hydroxyl groups excluding tert-OH is 1. The predicted octanol–water partition coefficient (Wildman–Crippen LogP) is 2.12. The molecular weight excluding hydrogens is 261 g/mol. The molecule has 19 heavy (non-hydrogen) atoms. The molecule has 0 atom stereocenters. The Morgan fingerprint density at radius 3 is 2.42 bits per heavy atom. The van der Waals surface area contributed by atoms with Gasteiger partial charge in [-0.2, -0.15) is 0 Å². The first-order valence-electron chi connectivity index (χ1n) is 5.41. The van der Waals surface area contributed by atoms with Crippen LogP contribution in [0.4, 0.5) is 23.7 Å². The second-order valence-corrected chi connectivity index (χ2v) is 3.63. The molecule has 2 N–H and O–H groups in total. The third kappa shape index (κ3) is 3.99. The summed E-state index contributed by atoms with van der Waals surface area (Å²) in [5.74, 6) is -3.51. The van der Waals surface area contributed by atoms with Crippen LogP contribution < -0.4 is 5.32 Å². The van der Waals surface area contributed by atoms with Gasteiger partial charge in [0, 0.05) is 25.2 Å². The van der Waals surface area contributed by atoms with E-state index in [2.05, 4.69) is 6.58 Å². The summed E-state index contributed by atoms with van der Waals surface area (Å²) < 4.78 is 39.3. The Kier molecular flexibility index (Phi) is 5.37. The number of benzene rings is 1. The van der Waals surface area contributed by atoms with Crippen molar-refractivity contribution in [3.05, 3.63) is 42.2 Å². The number of halogens is 3. The lowest BCUT2D eigenvalue weighted by atomic mass is 10.3. The maximum atomic E-state index is 13.3. The Morgan fingerprint density at radius 1 is 1.37 bits per heavy atom. The average molecular weight is 274 g/mol. The molecule has 0 spiro atoms. The number of hydrogen-bond acceptors (Lipinski definition) is 2. The van der Waals surface area contributed by atoms with Gasteiger partial charge in [-0.05, 0) is 0 Å². The van der Waals surface area contributed by atoms with Gasteiger partial charge in [-0.15, -0.1) is 6.58 Å². The molecule has 1 rings (SSSR count). The highest BCUT2D eigenvalue weighted by Crippen LogP contribution is 2.20. The van der Waals surface area contributed by atoms with Crippen molar-refractivity contribution in [2.45, 2.75) is 0 Å². The zero-order valence-electron chi connectivity index (χ0n) is 10.00. The fourth-order valence-electron chi connectivity index (χ4n) is 1.40. The van der Waals surface area contributed by atoms with E-state index in [-0.39, 0.29) is 19.7 Å². The average Bonchev–Trinajstić information content (AvgIpc) is 2.33. The molecule has 4 nitrogen and oxygen atoms in total. The van der Waals surface area contributed by atoms with E-state index in [1.165, 1.54) is 6.08 Å². The number of carbonyl (C=O) groups is 1. The highest BCUT2D eigenvalue weighted by atomic mass is 19.1. The summed E-state index contributed by atoms with van der Waals surface area (Å²) in [4.78, 5) is 12.8. The van der Waals surface area contributed by atoms with Crippen LogP contribution in [0, 0.1) is 17.5 Å². The fraction of sp³-hybridized carbons (Fsp3) is 0.250. The Morgan fingerprint density at radius 2 is 1.95 bits per heavy atom. The molecule has 0 saturated carbocycles. The minimum atomic E-state index is -1.21. The van der Waals surface area contributed by atoms with Gasteiger partial charge in [0.25, 0.3) is 0 Å². The minimum Gasteiger partial charge on any atom is -0.395 e. The number of hydrogen-bond donors (Lipinski definition) is 2. The van der Waals surface area contributed by atoms with Gasteiger partial charge in [0.1, 0.15) is 11.5 Å². The standard InChI is InChI=1S/C12H13F3N2O2/c1-2-3-17(4-5-18)12(19)16-11-9(14)6-8(13)7-10(11)15/h2,6-7,18H,1,3-5H2,(H,16,19). The molecule has 0 heterocycles. The third-order valence-electron chi connectivity index (χ3n) is 2.25. The van der Waals surface area contributed by atoms with Crippen molar-refractivity contribution in [2.75, 3.05) is 25.0 Å². The lowest BCUT2D eigenvalue weighted by Gasteiger charge is -2.20. The quantitative estimate of drug-likeness (QED) is 0.808. The Balaban J connectivity index is 2.89. The van der Waals surface area contributed by atoms with Gasteiger partial charge >= 0.3 is 6.03 Å². The molecular formula is C12H13F3N2O2. The van der Waals surface area contributed by atoms with E-state index >= 15 is 0 Å². The van der Waals surface area contributed by atoms with Crippen molar-refractivity contribution >= 4 is 11.7 Å². The molecule has 104 valence electrons. The first kappa shape index (κ1) is 15.0. The van der Waals surface area contributed by atoms with Crippen LogP contribution in [0.15, 0.2) is 24.8 Å². The zero-order chi connectivity index (χ0) is 14.4. The van der Waals surface area contributed by atoms with Crippen molar-refractivity contribution in [3.8, 4) is 0 Å². The number of nitrogens with one attached hydrogen (secondary N) is 1. The van der Waals surface area contributed by atoms with Gasteiger partial charge < -0.3 is 15.3 Å². The van der Waals surface area contributed by atoms with Crippen LogP contribution in [0.5, 0.6) is 0 Å². The summed E-state index contributed by atoms with van der Waals surface area (Å²) in [7, 11) is 0. The van der Waals surface area contributed by atoms with E-state index in [0.29, 0.717) is 12.1 Å². The summed E-state index contributed by atoms with van der Waals surface area (Å²) >= 11 is 0. The number of aliphatic hydroxyl groups is 1. The molecule has 0 aliphatic rings. The van der Waals surface area contributed by atoms with Crippen molar-refractivity contribution < 1.29 is 23.1 Å². The number of nitrogens with zero attached hydrogens (tertiary/aromatic N) is 1. The monoisotopic (exact) mass is 274 g/mol. The molecule has 0 aromatic heterocycles. The molecule has 7 heteroatoms. The Bertz CT molecular complexity index is 457. The lowest BCUT2D eigenvalue weighted by molar-refractivity contribution is 0.195. The van der Waals surface area contributed by atoms with Crippen LogP contribution in [-0.4, -0.2) is 35.7 Å². The van der Waals surface area contributed by atoms with E-state index in [1.807, 2.05) is 5.32 Å². The molecule has 0 bridgehead atoms. The van der Waals surface area contributed by atoms with E-state index < -0.39 is 29.2 Å². The first-order chi connectivity index (χ1) is 8.99. The van der Waals surface area contributed by atoms with Gasteiger partial charge in [0.05, 0.1) is 6.61 Å². The van der Waals surface area contributed by atoms with Crippen LogP contribution in [0.2, 0.25) is 0 Å². The largest absolute Gasteiger partial charge is 0.395 e. The van der Waals surface area contributed by atoms with Crippen molar-refractivity contribution in [3.63, 3.8) is 0 Å². The second kappa shape index (κ2) is 6.79. The van der Waals surface area contributed by atoms with E-state index in [4.69, 9.17) is 5.11 Å². The fourth-order valence-corrected chi connectivity index (χ4v) is 1.40. The minimum absolute atomic E-state index is 0.0255. The van der Waals surface area contributed by atoms with Crippen molar-refractivity contribution in [1.82, 2.24) is 4.90 Å². The SMILES string of the molecule is C=CCN(CCO)C(=O)Nc1c(F)cc(F)cc1F. The summed E-state index contributed by atoms with van der Waals surface area (Å²) in [5, 5.41) is 10.8. The zero-order valence-corrected chi connectivity index (χ0v) is 10.00. The second-order valence-electron chi connectivity index (χ2n) is 3.63. The smallest absolute Gasteiger partial charge is 0.322 e. The lowest BCUT2D eigenvalue weighted by Crippen LogP contribution is -2.37. The number of amides is 2. The van der Waals surface area contributed by atoms with Gasteiger partial charge in [0.2, 0.25) is 0 Å². The van der Waals surface area contributed by atoms with Gasteiger partial charge in [-0.3, -0.25) is 0 Å². The predicted molar refractivity (Wildman–Crippen MR) is 64.2 cm³/mol. The van der Waals surface area contributed by atoms with Crippen molar-refractivity contribution in [2.24, 2.45) is 0 Å². The normalized spacial score (nSPS) is 10.1. The molecule has 1 aromatic rings. The van der Waals surface area contributed by atoms with Crippen LogP contribution in [0.3, 0.4) is 0 Å².